The Hall–Kier alpha value is -1.61. The van der Waals surface area contributed by atoms with Crippen LogP contribution in [0.4, 0.5) is 5.82 Å². The summed E-state index contributed by atoms with van der Waals surface area (Å²) in [4.78, 5) is 14.9. The Bertz CT molecular complexity index is 519. The van der Waals surface area contributed by atoms with Gasteiger partial charge in [-0.25, -0.2) is 0 Å². The zero-order chi connectivity index (χ0) is 16.2. The molecule has 8 nitrogen and oxygen atoms in total. The maximum atomic E-state index is 10.6. The highest BCUT2D eigenvalue weighted by molar-refractivity contribution is 5.71. The number of piperazine rings is 1. The summed E-state index contributed by atoms with van der Waals surface area (Å²) in [5.74, 6) is 0.764. The highest BCUT2D eigenvalue weighted by Gasteiger charge is 2.33. The summed E-state index contributed by atoms with van der Waals surface area (Å²) in [6.07, 6.45) is -0.679. The lowest BCUT2D eigenvalue weighted by molar-refractivity contribution is -0.141. The normalized spacial score (nSPS) is 29.5. The minimum absolute atomic E-state index is 0.328. The summed E-state index contributed by atoms with van der Waals surface area (Å²) in [5, 5.41) is 27.6. The van der Waals surface area contributed by atoms with Gasteiger partial charge in [0.15, 0.2) is 12.1 Å². The Morgan fingerprint density at radius 2 is 2.00 bits per heavy atom. The molecule has 3 rings (SSSR count). The van der Waals surface area contributed by atoms with Crippen LogP contribution in [0.5, 0.6) is 0 Å². The molecule has 0 aromatic carbocycles. The van der Waals surface area contributed by atoms with Crippen molar-refractivity contribution < 1.29 is 19.7 Å². The van der Waals surface area contributed by atoms with Crippen molar-refractivity contribution in [3.05, 3.63) is 17.8 Å². The summed E-state index contributed by atoms with van der Waals surface area (Å²) in [7, 11) is 0. The molecule has 2 aliphatic rings. The zero-order valence-electron chi connectivity index (χ0n) is 12.9. The van der Waals surface area contributed by atoms with E-state index in [1.54, 1.807) is 12.1 Å². The molecule has 2 aliphatic heterocycles. The number of nitrogens with zero attached hydrogens (tertiary/aromatic N) is 4. The highest BCUT2D eigenvalue weighted by Crippen LogP contribution is 2.18. The van der Waals surface area contributed by atoms with E-state index in [4.69, 9.17) is 4.74 Å². The molecule has 2 N–H and O–H groups in total. The van der Waals surface area contributed by atoms with E-state index in [-0.39, 0.29) is 6.10 Å². The SMILES string of the molecule is O=Cc1ccc(N2CCN(CC3OCCC(O)C3O)CC2)nn1. The average molecular weight is 322 g/mol. The van der Waals surface area contributed by atoms with Gasteiger partial charge in [-0.3, -0.25) is 9.69 Å². The van der Waals surface area contributed by atoms with Gasteiger partial charge in [-0.15, -0.1) is 10.2 Å². The largest absolute Gasteiger partial charge is 0.390 e. The molecule has 0 spiro atoms. The molecule has 0 bridgehead atoms. The smallest absolute Gasteiger partial charge is 0.170 e. The first-order valence-electron chi connectivity index (χ1n) is 7.91. The van der Waals surface area contributed by atoms with Crippen LogP contribution in [0.1, 0.15) is 16.9 Å². The van der Waals surface area contributed by atoms with Gasteiger partial charge in [0.05, 0.1) is 12.2 Å². The quantitative estimate of drug-likeness (QED) is 0.676. The monoisotopic (exact) mass is 322 g/mol. The van der Waals surface area contributed by atoms with Gasteiger partial charge in [0, 0.05) is 39.3 Å². The summed E-state index contributed by atoms with van der Waals surface area (Å²) in [5.41, 5.74) is 0.328. The second-order valence-electron chi connectivity index (χ2n) is 5.98. The Kier molecular flexibility index (Phi) is 5.16. The van der Waals surface area contributed by atoms with E-state index in [1.165, 1.54) is 0 Å². The Labute approximate surface area is 134 Å². The van der Waals surface area contributed by atoms with Gasteiger partial charge < -0.3 is 19.8 Å². The predicted octanol–water partition coefficient (Wildman–Crippen LogP) is -1.08. The Balaban J connectivity index is 1.50. The van der Waals surface area contributed by atoms with Crippen molar-refractivity contribution in [2.45, 2.75) is 24.7 Å². The van der Waals surface area contributed by atoms with Gasteiger partial charge in [-0.2, -0.15) is 0 Å². The number of carbonyl (C=O) groups excluding carboxylic acids is 1. The van der Waals surface area contributed by atoms with Gasteiger partial charge in [0.2, 0.25) is 0 Å². The van der Waals surface area contributed by atoms with Crippen molar-refractivity contribution in [1.82, 2.24) is 15.1 Å². The molecule has 0 radical (unpaired) electrons. The molecular formula is C15H22N4O4. The van der Waals surface area contributed by atoms with E-state index >= 15 is 0 Å². The molecule has 126 valence electrons. The Morgan fingerprint density at radius 1 is 1.22 bits per heavy atom. The fourth-order valence-corrected chi connectivity index (χ4v) is 3.00. The van der Waals surface area contributed by atoms with Crippen LogP contribution < -0.4 is 4.90 Å². The van der Waals surface area contributed by atoms with Crippen molar-refractivity contribution in [2.75, 3.05) is 44.2 Å². The van der Waals surface area contributed by atoms with Crippen LogP contribution >= 0.6 is 0 Å². The molecule has 3 unspecified atom stereocenters. The Morgan fingerprint density at radius 3 is 2.65 bits per heavy atom. The molecule has 0 amide bonds. The molecule has 8 heteroatoms. The number of aliphatic hydroxyl groups is 2. The minimum Gasteiger partial charge on any atom is -0.390 e. The van der Waals surface area contributed by atoms with Crippen molar-refractivity contribution in [3.63, 3.8) is 0 Å². The van der Waals surface area contributed by atoms with E-state index < -0.39 is 12.2 Å². The van der Waals surface area contributed by atoms with E-state index in [0.29, 0.717) is 31.6 Å². The average Bonchev–Trinajstić information content (AvgIpc) is 2.60. The fourth-order valence-electron chi connectivity index (χ4n) is 3.00. The van der Waals surface area contributed by atoms with Gasteiger partial charge >= 0.3 is 0 Å². The lowest BCUT2D eigenvalue weighted by Gasteiger charge is -2.39. The number of anilines is 1. The summed E-state index contributed by atoms with van der Waals surface area (Å²) < 4.78 is 5.58. The maximum absolute atomic E-state index is 10.6. The number of rotatable bonds is 4. The van der Waals surface area contributed by atoms with Crippen molar-refractivity contribution in [1.29, 1.82) is 0 Å². The predicted molar refractivity (Wildman–Crippen MR) is 82.4 cm³/mol. The number of carbonyl (C=O) groups is 1. The molecule has 23 heavy (non-hydrogen) atoms. The van der Waals surface area contributed by atoms with Crippen LogP contribution in [-0.2, 0) is 4.74 Å². The lowest BCUT2D eigenvalue weighted by Crippen LogP contribution is -2.54. The van der Waals surface area contributed by atoms with E-state index in [0.717, 1.165) is 32.0 Å². The fraction of sp³-hybridized carbons (Fsp3) is 0.667. The molecule has 0 aliphatic carbocycles. The standard InChI is InChI=1S/C15H22N4O4/c20-10-11-1-2-14(17-16-11)19-6-4-18(5-7-19)9-13-15(22)12(21)3-8-23-13/h1-2,10,12-13,15,21-22H,3-9H2. The van der Waals surface area contributed by atoms with Crippen molar-refractivity contribution in [3.8, 4) is 0 Å². The minimum atomic E-state index is -0.816. The molecule has 0 saturated carbocycles. The van der Waals surface area contributed by atoms with Crippen LogP contribution in [0.3, 0.4) is 0 Å². The maximum Gasteiger partial charge on any atom is 0.170 e. The molecule has 2 fully saturated rings. The van der Waals surface area contributed by atoms with Crippen LogP contribution in [0.25, 0.3) is 0 Å². The number of hydrogen-bond acceptors (Lipinski definition) is 8. The third kappa shape index (κ3) is 3.84. The van der Waals surface area contributed by atoms with Gasteiger partial charge in [-0.1, -0.05) is 0 Å². The number of ether oxygens (including phenoxy) is 1. The number of hydrogen-bond donors (Lipinski definition) is 2. The molecular weight excluding hydrogens is 300 g/mol. The first-order valence-corrected chi connectivity index (χ1v) is 7.91. The van der Waals surface area contributed by atoms with E-state index in [1.807, 2.05) is 0 Å². The molecule has 3 heterocycles. The van der Waals surface area contributed by atoms with Gasteiger partial charge in [-0.05, 0) is 18.6 Å². The first kappa shape index (κ1) is 16.3. The van der Waals surface area contributed by atoms with Gasteiger partial charge in [0.25, 0.3) is 0 Å². The summed E-state index contributed by atoms with van der Waals surface area (Å²) >= 11 is 0. The highest BCUT2D eigenvalue weighted by atomic mass is 16.5. The third-order valence-electron chi connectivity index (χ3n) is 4.45. The van der Waals surface area contributed by atoms with Crippen LogP contribution in [-0.4, -0.2) is 89.2 Å². The topological polar surface area (TPSA) is 99.0 Å². The lowest BCUT2D eigenvalue weighted by atomic mass is 10.0. The van der Waals surface area contributed by atoms with E-state index in [9.17, 15) is 15.0 Å². The van der Waals surface area contributed by atoms with E-state index in [2.05, 4.69) is 20.0 Å². The second-order valence-corrected chi connectivity index (χ2v) is 5.98. The number of aliphatic hydroxyl groups excluding tert-OH is 2. The first-order chi connectivity index (χ1) is 11.2. The zero-order valence-corrected chi connectivity index (χ0v) is 12.9. The summed E-state index contributed by atoms with van der Waals surface area (Å²) in [6.45, 7) is 4.32. The van der Waals surface area contributed by atoms with Crippen molar-refractivity contribution >= 4 is 12.1 Å². The van der Waals surface area contributed by atoms with Crippen LogP contribution in [0, 0.1) is 0 Å². The van der Waals surface area contributed by atoms with Crippen LogP contribution in [0.15, 0.2) is 12.1 Å². The van der Waals surface area contributed by atoms with Crippen molar-refractivity contribution in [2.24, 2.45) is 0 Å². The molecule has 2 saturated heterocycles. The van der Waals surface area contributed by atoms with Gasteiger partial charge in [0.1, 0.15) is 11.8 Å². The number of aromatic nitrogens is 2. The summed E-state index contributed by atoms with van der Waals surface area (Å²) in [6, 6.07) is 3.46. The molecule has 1 aromatic rings. The van der Waals surface area contributed by atoms with Crippen LogP contribution in [0.2, 0.25) is 0 Å². The molecule has 3 atom stereocenters. The second kappa shape index (κ2) is 7.31. The molecule has 1 aromatic heterocycles. The third-order valence-corrected chi connectivity index (χ3v) is 4.45. The number of aldehydes is 1.